The molecule has 0 bridgehead atoms. The molecule has 20 heavy (non-hydrogen) atoms. The van der Waals surface area contributed by atoms with Gasteiger partial charge in [-0.2, -0.15) is 4.98 Å². The Hall–Kier alpha value is -2.89. The third-order valence-corrected chi connectivity index (χ3v) is 2.81. The highest BCUT2D eigenvalue weighted by molar-refractivity contribution is 5.68. The van der Waals surface area contributed by atoms with Gasteiger partial charge in [-0.3, -0.25) is 4.98 Å². The topological polar surface area (TPSA) is 81.3 Å². The SMILES string of the molecule is COc1cccc(-c2nc(-c3ccncc3)no2)c1O. The number of para-hydroxylation sites is 1. The largest absolute Gasteiger partial charge is 0.504 e. The summed E-state index contributed by atoms with van der Waals surface area (Å²) in [4.78, 5) is 8.20. The summed E-state index contributed by atoms with van der Waals surface area (Å²) >= 11 is 0. The highest BCUT2D eigenvalue weighted by Crippen LogP contribution is 2.36. The van der Waals surface area contributed by atoms with Crippen molar-refractivity contribution in [3.8, 4) is 34.3 Å². The zero-order valence-corrected chi connectivity index (χ0v) is 10.6. The lowest BCUT2D eigenvalue weighted by atomic mass is 10.2. The molecular formula is C14H11N3O3. The molecule has 6 heteroatoms. The van der Waals surface area contributed by atoms with E-state index in [1.807, 2.05) is 0 Å². The van der Waals surface area contributed by atoms with Gasteiger partial charge in [0.25, 0.3) is 5.89 Å². The second-order valence-electron chi connectivity index (χ2n) is 4.02. The number of nitrogens with zero attached hydrogens (tertiary/aromatic N) is 3. The van der Waals surface area contributed by atoms with Gasteiger partial charge in [-0.1, -0.05) is 11.2 Å². The summed E-state index contributed by atoms with van der Waals surface area (Å²) in [7, 11) is 1.48. The highest BCUT2D eigenvalue weighted by Gasteiger charge is 2.16. The van der Waals surface area contributed by atoms with Gasteiger partial charge in [0, 0.05) is 18.0 Å². The van der Waals surface area contributed by atoms with Crippen LogP contribution in [0.15, 0.2) is 47.2 Å². The van der Waals surface area contributed by atoms with Crippen molar-refractivity contribution in [2.24, 2.45) is 0 Å². The van der Waals surface area contributed by atoms with Crippen molar-refractivity contribution in [3.05, 3.63) is 42.7 Å². The third-order valence-electron chi connectivity index (χ3n) is 2.81. The van der Waals surface area contributed by atoms with Crippen molar-refractivity contribution in [1.82, 2.24) is 15.1 Å². The first kappa shape index (κ1) is 12.2. The van der Waals surface area contributed by atoms with Crippen molar-refractivity contribution in [1.29, 1.82) is 0 Å². The Morgan fingerprint density at radius 1 is 1.15 bits per heavy atom. The number of benzene rings is 1. The Balaban J connectivity index is 2.03. The van der Waals surface area contributed by atoms with E-state index < -0.39 is 0 Å². The van der Waals surface area contributed by atoms with Crippen molar-refractivity contribution in [2.45, 2.75) is 0 Å². The van der Waals surface area contributed by atoms with E-state index >= 15 is 0 Å². The van der Waals surface area contributed by atoms with Crippen LogP contribution in [0.4, 0.5) is 0 Å². The summed E-state index contributed by atoms with van der Waals surface area (Å²) in [5.41, 5.74) is 1.22. The van der Waals surface area contributed by atoms with Gasteiger partial charge in [-0.25, -0.2) is 0 Å². The number of hydrogen-bond acceptors (Lipinski definition) is 6. The van der Waals surface area contributed by atoms with Gasteiger partial charge < -0.3 is 14.4 Å². The number of aromatic hydroxyl groups is 1. The minimum absolute atomic E-state index is 0.0278. The molecule has 0 spiro atoms. The molecule has 0 aliphatic rings. The second-order valence-corrected chi connectivity index (χ2v) is 4.02. The van der Waals surface area contributed by atoms with E-state index in [0.717, 1.165) is 5.56 Å². The molecule has 2 aromatic heterocycles. The van der Waals surface area contributed by atoms with Gasteiger partial charge in [0.05, 0.1) is 12.7 Å². The smallest absolute Gasteiger partial charge is 0.262 e. The fourth-order valence-electron chi connectivity index (χ4n) is 1.81. The maximum atomic E-state index is 10.1. The number of phenolic OH excluding ortho intramolecular Hbond substituents is 1. The molecule has 0 saturated heterocycles. The molecule has 0 atom stereocenters. The molecule has 0 aliphatic carbocycles. The average molecular weight is 269 g/mol. The molecule has 0 saturated carbocycles. The Morgan fingerprint density at radius 3 is 2.70 bits per heavy atom. The molecule has 6 nitrogen and oxygen atoms in total. The van der Waals surface area contributed by atoms with Crippen molar-refractivity contribution in [3.63, 3.8) is 0 Å². The number of rotatable bonds is 3. The molecule has 100 valence electrons. The Bertz CT molecular complexity index is 726. The normalized spacial score (nSPS) is 10.4. The Morgan fingerprint density at radius 2 is 1.95 bits per heavy atom. The summed E-state index contributed by atoms with van der Waals surface area (Å²) in [6.07, 6.45) is 3.29. The van der Waals surface area contributed by atoms with Crippen LogP contribution < -0.4 is 4.74 Å². The third kappa shape index (κ3) is 2.07. The van der Waals surface area contributed by atoms with E-state index in [1.54, 1.807) is 42.7 Å². The average Bonchev–Trinajstić information content (AvgIpc) is 2.98. The van der Waals surface area contributed by atoms with Crippen LogP contribution in [-0.2, 0) is 0 Å². The molecule has 0 radical (unpaired) electrons. The summed E-state index contributed by atoms with van der Waals surface area (Å²) < 4.78 is 10.2. The Kier molecular flexibility index (Phi) is 3.04. The first-order valence-corrected chi connectivity index (χ1v) is 5.90. The molecule has 1 N–H and O–H groups in total. The molecule has 3 aromatic rings. The molecule has 2 heterocycles. The number of pyridine rings is 1. The molecular weight excluding hydrogens is 258 g/mol. The van der Waals surface area contributed by atoms with E-state index in [9.17, 15) is 5.11 Å². The minimum atomic E-state index is -0.0278. The monoisotopic (exact) mass is 269 g/mol. The summed E-state index contributed by atoms with van der Waals surface area (Å²) in [5.74, 6) is 0.990. The van der Waals surface area contributed by atoms with Crippen LogP contribution in [0, 0.1) is 0 Å². The first-order chi connectivity index (χ1) is 9.79. The summed E-state index contributed by atoms with van der Waals surface area (Å²) in [5, 5.41) is 14.0. The maximum absolute atomic E-state index is 10.1. The lowest BCUT2D eigenvalue weighted by Gasteiger charge is -2.04. The molecule has 0 aliphatic heterocycles. The van der Waals surface area contributed by atoms with Gasteiger partial charge in [-0.15, -0.1) is 0 Å². The standard InChI is InChI=1S/C14H11N3O3/c1-19-11-4-2-3-10(12(11)18)14-16-13(17-20-14)9-5-7-15-8-6-9/h2-8,18H,1H3. The van der Waals surface area contributed by atoms with Gasteiger partial charge in [-0.05, 0) is 24.3 Å². The van der Waals surface area contributed by atoms with Crippen LogP contribution >= 0.6 is 0 Å². The highest BCUT2D eigenvalue weighted by atomic mass is 16.5. The molecule has 0 amide bonds. The minimum Gasteiger partial charge on any atom is -0.504 e. The summed E-state index contributed by atoms with van der Waals surface area (Å²) in [6.45, 7) is 0. The molecule has 3 rings (SSSR count). The van der Waals surface area contributed by atoms with E-state index in [2.05, 4.69) is 15.1 Å². The quantitative estimate of drug-likeness (QED) is 0.786. The molecule has 0 fully saturated rings. The van der Waals surface area contributed by atoms with Crippen LogP contribution in [0.1, 0.15) is 0 Å². The second kappa shape index (κ2) is 5.00. The van der Waals surface area contributed by atoms with Crippen LogP contribution in [0.3, 0.4) is 0 Å². The lowest BCUT2D eigenvalue weighted by Crippen LogP contribution is -1.86. The number of aromatic nitrogens is 3. The van der Waals surface area contributed by atoms with E-state index in [4.69, 9.17) is 9.26 Å². The van der Waals surface area contributed by atoms with Crippen LogP contribution in [0.5, 0.6) is 11.5 Å². The van der Waals surface area contributed by atoms with Gasteiger partial charge >= 0.3 is 0 Å². The van der Waals surface area contributed by atoms with Crippen molar-refractivity contribution >= 4 is 0 Å². The molecule has 1 aromatic carbocycles. The van der Waals surface area contributed by atoms with E-state index in [-0.39, 0.29) is 11.6 Å². The lowest BCUT2D eigenvalue weighted by molar-refractivity contribution is 0.371. The Labute approximate surface area is 114 Å². The summed E-state index contributed by atoms with van der Waals surface area (Å²) in [6, 6.07) is 8.63. The number of hydrogen-bond donors (Lipinski definition) is 1. The number of ether oxygens (including phenoxy) is 1. The predicted molar refractivity (Wildman–Crippen MR) is 71.2 cm³/mol. The van der Waals surface area contributed by atoms with Gasteiger partial charge in [0.15, 0.2) is 11.5 Å². The van der Waals surface area contributed by atoms with Gasteiger partial charge in [0.2, 0.25) is 5.82 Å². The van der Waals surface area contributed by atoms with Crippen molar-refractivity contribution < 1.29 is 14.4 Å². The molecule has 0 unspecified atom stereocenters. The fourth-order valence-corrected chi connectivity index (χ4v) is 1.81. The van der Waals surface area contributed by atoms with Crippen LogP contribution in [0.2, 0.25) is 0 Å². The van der Waals surface area contributed by atoms with Crippen LogP contribution in [0.25, 0.3) is 22.8 Å². The van der Waals surface area contributed by atoms with Gasteiger partial charge in [0.1, 0.15) is 0 Å². The number of methoxy groups -OCH3 is 1. The van der Waals surface area contributed by atoms with Crippen LogP contribution in [-0.4, -0.2) is 27.3 Å². The predicted octanol–water partition coefficient (Wildman–Crippen LogP) is 2.51. The number of phenols is 1. The van der Waals surface area contributed by atoms with E-state index in [0.29, 0.717) is 17.1 Å². The zero-order valence-electron chi connectivity index (χ0n) is 10.6. The first-order valence-electron chi connectivity index (χ1n) is 5.90. The van der Waals surface area contributed by atoms with E-state index in [1.165, 1.54) is 7.11 Å². The van der Waals surface area contributed by atoms with Crippen molar-refractivity contribution in [2.75, 3.05) is 7.11 Å². The fraction of sp³-hybridized carbons (Fsp3) is 0.0714. The zero-order chi connectivity index (χ0) is 13.9. The maximum Gasteiger partial charge on any atom is 0.262 e.